The third-order valence-corrected chi connectivity index (χ3v) is 5.89. The van der Waals surface area contributed by atoms with Crippen LogP contribution >= 0.6 is 27.5 Å². The number of halogens is 4. The average Bonchev–Trinajstić information content (AvgIpc) is 3.12. The summed E-state index contributed by atoms with van der Waals surface area (Å²) in [5, 5.41) is 13.0. The van der Waals surface area contributed by atoms with E-state index < -0.39 is 35.8 Å². The summed E-state index contributed by atoms with van der Waals surface area (Å²) >= 11 is 8.74. The van der Waals surface area contributed by atoms with Crippen LogP contribution in [0.4, 0.5) is 8.78 Å². The summed E-state index contributed by atoms with van der Waals surface area (Å²) in [4.78, 5) is 11.6. The van der Waals surface area contributed by atoms with Crippen molar-refractivity contribution in [2.24, 2.45) is 0 Å². The Balaban J connectivity index is 2.03. The first-order valence-electron chi connectivity index (χ1n) is 9.45. The molecule has 32 heavy (non-hydrogen) atoms. The molecule has 2 heterocycles. The summed E-state index contributed by atoms with van der Waals surface area (Å²) in [7, 11) is 1.54. The quantitative estimate of drug-likeness (QED) is 0.454. The van der Waals surface area contributed by atoms with Gasteiger partial charge in [-0.1, -0.05) is 28.1 Å². The number of benzene rings is 2. The van der Waals surface area contributed by atoms with E-state index >= 15 is 0 Å². The molecule has 0 unspecified atom stereocenters. The fraction of sp³-hybridized carbons (Fsp3) is 0.286. The van der Waals surface area contributed by atoms with Gasteiger partial charge in [-0.05, 0) is 53.9 Å². The molecule has 0 aliphatic carbocycles. The standard InChI is InChI=1S/C21H17BrClF2N3O4/c1-10-12(4-3-5-15(10)31-2)18-13-8-11(22)6-7-14(13)28-19(16(32-18)9-17(29)30)26-27-20(28)21(23,24)25/h3-8,16,18H,9H2,1-2H3,(H,29,30)/t16-,18+/m1/s1. The fourth-order valence-corrected chi connectivity index (χ4v) is 4.34. The molecule has 3 aromatic rings. The molecule has 1 N–H and O–H groups in total. The second kappa shape index (κ2) is 8.42. The maximum atomic E-state index is 14.2. The first kappa shape index (κ1) is 22.6. The summed E-state index contributed by atoms with van der Waals surface area (Å²) in [6, 6.07) is 10.4. The summed E-state index contributed by atoms with van der Waals surface area (Å²) in [6.45, 7) is 1.84. The minimum atomic E-state index is -3.84. The number of carbonyl (C=O) groups is 1. The molecule has 168 valence electrons. The zero-order chi connectivity index (χ0) is 23.2. The van der Waals surface area contributed by atoms with Gasteiger partial charge in [-0.3, -0.25) is 9.36 Å². The molecule has 2 aromatic carbocycles. The Morgan fingerprint density at radius 3 is 2.72 bits per heavy atom. The number of carboxylic acid groups (broad SMARTS) is 1. The number of carboxylic acids is 1. The van der Waals surface area contributed by atoms with E-state index in [-0.39, 0.29) is 5.82 Å². The monoisotopic (exact) mass is 527 g/mol. The lowest BCUT2D eigenvalue weighted by atomic mass is 9.95. The summed E-state index contributed by atoms with van der Waals surface area (Å²) in [5.41, 5.74) is 2.27. The largest absolute Gasteiger partial charge is 0.496 e. The molecule has 4 rings (SSSR count). The third kappa shape index (κ3) is 3.98. The molecule has 2 atom stereocenters. The van der Waals surface area contributed by atoms with Gasteiger partial charge in [0.15, 0.2) is 5.82 Å². The van der Waals surface area contributed by atoms with Crippen LogP contribution in [0.15, 0.2) is 40.9 Å². The lowest BCUT2D eigenvalue weighted by molar-refractivity contribution is -0.141. The molecule has 0 spiro atoms. The molecule has 7 nitrogen and oxygen atoms in total. The number of methoxy groups -OCH3 is 1. The van der Waals surface area contributed by atoms with E-state index in [2.05, 4.69) is 26.1 Å². The van der Waals surface area contributed by atoms with E-state index in [9.17, 15) is 18.7 Å². The Hall–Kier alpha value is -2.56. The van der Waals surface area contributed by atoms with Gasteiger partial charge >= 0.3 is 11.4 Å². The number of hydrogen-bond acceptors (Lipinski definition) is 5. The van der Waals surface area contributed by atoms with Gasteiger partial charge < -0.3 is 14.6 Å². The Morgan fingerprint density at radius 1 is 1.31 bits per heavy atom. The maximum Gasteiger partial charge on any atom is 0.382 e. The van der Waals surface area contributed by atoms with E-state index in [1.165, 1.54) is 7.11 Å². The van der Waals surface area contributed by atoms with Crippen molar-refractivity contribution in [3.05, 3.63) is 69.2 Å². The van der Waals surface area contributed by atoms with Crippen molar-refractivity contribution >= 4 is 33.5 Å². The van der Waals surface area contributed by atoms with Crippen molar-refractivity contribution in [2.75, 3.05) is 7.11 Å². The van der Waals surface area contributed by atoms with E-state index in [4.69, 9.17) is 21.1 Å². The smallest absolute Gasteiger partial charge is 0.382 e. The maximum absolute atomic E-state index is 14.2. The average molecular weight is 529 g/mol. The molecule has 11 heteroatoms. The zero-order valence-corrected chi connectivity index (χ0v) is 19.2. The van der Waals surface area contributed by atoms with E-state index in [1.54, 1.807) is 30.3 Å². The van der Waals surface area contributed by atoms with Gasteiger partial charge in [0.2, 0.25) is 5.82 Å². The molecule has 0 bridgehead atoms. The highest BCUT2D eigenvalue weighted by molar-refractivity contribution is 9.10. The van der Waals surface area contributed by atoms with Crippen molar-refractivity contribution < 1.29 is 28.2 Å². The van der Waals surface area contributed by atoms with Crippen molar-refractivity contribution in [2.45, 2.75) is 30.9 Å². The highest BCUT2D eigenvalue weighted by Gasteiger charge is 2.42. The summed E-state index contributed by atoms with van der Waals surface area (Å²) < 4.78 is 41.9. The van der Waals surface area contributed by atoms with Crippen molar-refractivity contribution in [1.29, 1.82) is 0 Å². The molecule has 0 saturated carbocycles. The fourth-order valence-electron chi connectivity index (χ4n) is 3.84. The Bertz CT molecular complexity index is 1200. The molecule has 0 amide bonds. The Morgan fingerprint density at radius 2 is 2.06 bits per heavy atom. The minimum Gasteiger partial charge on any atom is -0.496 e. The van der Waals surface area contributed by atoms with Crippen LogP contribution in [-0.4, -0.2) is 33.0 Å². The summed E-state index contributed by atoms with van der Waals surface area (Å²) in [5.74, 6) is -1.47. The molecule has 1 aliphatic rings. The normalized spacial score (nSPS) is 17.9. The molecule has 0 fully saturated rings. The topological polar surface area (TPSA) is 86.5 Å². The number of alkyl halides is 3. The van der Waals surface area contributed by atoms with E-state index in [0.29, 0.717) is 27.0 Å². The SMILES string of the molecule is COc1cccc([C@@H]2O[C@H](CC(=O)O)c3nnc(C(F)(F)Cl)n3-c3ccc(Br)cc32)c1C. The van der Waals surface area contributed by atoms with Crippen molar-refractivity contribution in [3.63, 3.8) is 0 Å². The highest BCUT2D eigenvalue weighted by atomic mass is 79.9. The van der Waals surface area contributed by atoms with Crippen LogP contribution in [0.5, 0.6) is 5.75 Å². The molecule has 1 aromatic heterocycles. The predicted molar refractivity (Wildman–Crippen MR) is 114 cm³/mol. The number of aromatic nitrogens is 3. The van der Waals surface area contributed by atoms with Crippen LogP contribution < -0.4 is 4.74 Å². The lowest BCUT2D eigenvalue weighted by Gasteiger charge is -2.24. The molecular weight excluding hydrogens is 512 g/mol. The third-order valence-electron chi connectivity index (χ3n) is 5.23. The minimum absolute atomic E-state index is 0.0747. The predicted octanol–water partition coefficient (Wildman–Crippen LogP) is 5.27. The Kier molecular flexibility index (Phi) is 5.95. The van der Waals surface area contributed by atoms with Crippen LogP contribution in [0.3, 0.4) is 0 Å². The number of ether oxygens (including phenoxy) is 2. The van der Waals surface area contributed by atoms with Crippen molar-refractivity contribution in [1.82, 2.24) is 14.8 Å². The zero-order valence-electron chi connectivity index (χ0n) is 16.9. The van der Waals surface area contributed by atoms with Gasteiger partial charge in [0.1, 0.15) is 18.0 Å². The van der Waals surface area contributed by atoms with Gasteiger partial charge in [0.05, 0.1) is 19.2 Å². The van der Waals surface area contributed by atoms with Gasteiger partial charge in [-0.25, -0.2) is 0 Å². The second-order valence-corrected chi connectivity index (χ2v) is 8.59. The van der Waals surface area contributed by atoms with Crippen LogP contribution in [0, 0.1) is 6.92 Å². The first-order chi connectivity index (χ1) is 15.1. The number of nitrogens with zero attached hydrogens (tertiary/aromatic N) is 3. The van der Waals surface area contributed by atoms with Crippen LogP contribution in [0.25, 0.3) is 5.69 Å². The number of rotatable bonds is 5. The van der Waals surface area contributed by atoms with Gasteiger partial charge in [0.25, 0.3) is 0 Å². The summed E-state index contributed by atoms with van der Waals surface area (Å²) in [6.07, 6.45) is -2.49. The number of fused-ring (bicyclic) bond motifs is 3. The van der Waals surface area contributed by atoms with Gasteiger partial charge in [-0.15, -0.1) is 10.2 Å². The van der Waals surface area contributed by atoms with Crippen LogP contribution in [0.2, 0.25) is 0 Å². The van der Waals surface area contributed by atoms with Crippen LogP contribution in [-0.2, 0) is 14.9 Å². The highest BCUT2D eigenvalue weighted by Crippen LogP contribution is 2.45. The molecule has 0 radical (unpaired) electrons. The van der Waals surface area contributed by atoms with Crippen molar-refractivity contribution in [3.8, 4) is 11.4 Å². The molecule has 1 aliphatic heterocycles. The molecule has 0 saturated heterocycles. The first-order valence-corrected chi connectivity index (χ1v) is 10.6. The van der Waals surface area contributed by atoms with E-state index in [0.717, 1.165) is 10.1 Å². The number of hydrogen-bond donors (Lipinski definition) is 1. The molecular formula is C21H17BrClF2N3O4. The Labute approximate surface area is 195 Å². The van der Waals surface area contributed by atoms with E-state index in [1.807, 2.05) is 13.0 Å². The van der Waals surface area contributed by atoms with Gasteiger partial charge in [0, 0.05) is 10.0 Å². The van der Waals surface area contributed by atoms with Crippen LogP contribution in [0.1, 0.15) is 47.0 Å². The number of aliphatic carboxylic acids is 1. The second-order valence-electron chi connectivity index (χ2n) is 7.20. The lowest BCUT2D eigenvalue weighted by Crippen LogP contribution is -2.17. The van der Waals surface area contributed by atoms with Gasteiger partial charge in [-0.2, -0.15) is 8.78 Å².